The fraction of sp³-hybridized carbons (Fsp3) is 0.0714. The topological polar surface area (TPSA) is 72.3 Å². The highest BCUT2D eigenvalue weighted by atomic mass is 16.3. The number of fused-ring (bicyclic) bond motifs is 1. The van der Waals surface area contributed by atoms with Crippen molar-refractivity contribution in [2.45, 2.75) is 6.54 Å². The van der Waals surface area contributed by atoms with E-state index in [9.17, 15) is 5.11 Å². The Bertz CT molecular complexity index is 704. The maximum atomic E-state index is 9.73. The van der Waals surface area contributed by atoms with Crippen molar-refractivity contribution in [3.8, 4) is 17.2 Å². The molecular weight excluding hydrogens is 228 g/mol. The van der Waals surface area contributed by atoms with Crippen LogP contribution in [0.3, 0.4) is 0 Å². The number of aromatic nitrogens is 1. The molecular formula is C14H12N2O2. The zero-order valence-corrected chi connectivity index (χ0v) is 9.63. The van der Waals surface area contributed by atoms with Gasteiger partial charge in [0, 0.05) is 12.7 Å². The Morgan fingerprint density at radius 3 is 2.89 bits per heavy atom. The van der Waals surface area contributed by atoms with Gasteiger partial charge in [-0.05, 0) is 35.9 Å². The van der Waals surface area contributed by atoms with E-state index in [0.717, 1.165) is 5.56 Å². The van der Waals surface area contributed by atoms with Gasteiger partial charge >= 0.3 is 0 Å². The van der Waals surface area contributed by atoms with E-state index in [1.54, 1.807) is 24.4 Å². The molecule has 0 spiro atoms. The molecule has 0 aliphatic carbocycles. The molecule has 18 heavy (non-hydrogen) atoms. The first kappa shape index (κ1) is 10.8. The van der Waals surface area contributed by atoms with Crippen molar-refractivity contribution in [2.75, 3.05) is 0 Å². The van der Waals surface area contributed by atoms with Crippen LogP contribution in [0.15, 0.2) is 47.0 Å². The predicted molar refractivity (Wildman–Crippen MR) is 69.0 cm³/mol. The number of phenolic OH excluding ortho intramolecular Hbond substituents is 1. The third kappa shape index (κ3) is 1.72. The second kappa shape index (κ2) is 4.16. The van der Waals surface area contributed by atoms with Crippen LogP contribution in [0.25, 0.3) is 22.4 Å². The molecule has 0 aliphatic rings. The van der Waals surface area contributed by atoms with Crippen molar-refractivity contribution in [3.05, 3.63) is 48.2 Å². The third-order valence-corrected chi connectivity index (χ3v) is 2.85. The number of hydrogen-bond acceptors (Lipinski definition) is 4. The highest BCUT2D eigenvalue weighted by Gasteiger charge is 2.10. The molecule has 4 nitrogen and oxygen atoms in total. The Morgan fingerprint density at radius 1 is 1.22 bits per heavy atom. The van der Waals surface area contributed by atoms with Crippen LogP contribution >= 0.6 is 0 Å². The lowest BCUT2D eigenvalue weighted by molar-refractivity contribution is 0.481. The van der Waals surface area contributed by atoms with E-state index in [1.807, 2.05) is 18.2 Å². The largest absolute Gasteiger partial charge is 0.507 e. The molecule has 3 N–H and O–H groups in total. The van der Waals surface area contributed by atoms with Gasteiger partial charge in [0.15, 0.2) is 5.76 Å². The molecule has 4 heteroatoms. The lowest BCUT2D eigenvalue weighted by atomic mass is 10.2. The van der Waals surface area contributed by atoms with Gasteiger partial charge in [-0.2, -0.15) is 0 Å². The summed E-state index contributed by atoms with van der Waals surface area (Å²) >= 11 is 0. The molecule has 0 saturated heterocycles. The predicted octanol–water partition coefficient (Wildman–Crippen LogP) is 2.66. The van der Waals surface area contributed by atoms with E-state index >= 15 is 0 Å². The maximum absolute atomic E-state index is 9.73. The van der Waals surface area contributed by atoms with Crippen molar-refractivity contribution in [2.24, 2.45) is 5.73 Å². The summed E-state index contributed by atoms with van der Waals surface area (Å²) < 4.78 is 5.67. The number of rotatable bonds is 2. The summed E-state index contributed by atoms with van der Waals surface area (Å²) in [5.41, 5.74) is 7.95. The number of hydrogen-bond donors (Lipinski definition) is 2. The van der Waals surface area contributed by atoms with Crippen LogP contribution in [0.4, 0.5) is 0 Å². The Balaban J connectivity index is 2.16. The molecule has 0 saturated carbocycles. The van der Waals surface area contributed by atoms with Crippen LogP contribution in [-0.4, -0.2) is 10.1 Å². The second-order valence-electron chi connectivity index (χ2n) is 4.05. The average molecular weight is 240 g/mol. The molecule has 0 atom stereocenters. The zero-order valence-electron chi connectivity index (χ0n) is 9.63. The van der Waals surface area contributed by atoms with Crippen molar-refractivity contribution >= 4 is 11.0 Å². The molecule has 0 amide bonds. The summed E-state index contributed by atoms with van der Waals surface area (Å²) in [5.74, 6) is 0.833. The minimum Gasteiger partial charge on any atom is -0.507 e. The molecule has 3 aromatic rings. The van der Waals surface area contributed by atoms with Gasteiger partial charge in [-0.1, -0.05) is 6.07 Å². The maximum Gasteiger partial charge on any atom is 0.153 e. The summed E-state index contributed by atoms with van der Waals surface area (Å²) in [6, 6.07) is 10.7. The van der Waals surface area contributed by atoms with Crippen molar-refractivity contribution in [1.29, 1.82) is 0 Å². The van der Waals surface area contributed by atoms with Gasteiger partial charge in [0.25, 0.3) is 0 Å². The highest BCUT2D eigenvalue weighted by Crippen LogP contribution is 2.31. The fourth-order valence-corrected chi connectivity index (χ4v) is 1.91. The van der Waals surface area contributed by atoms with Crippen LogP contribution < -0.4 is 5.73 Å². The number of furan rings is 1. The molecule has 1 aromatic carbocycles. The molecule has 0 radical (unpaired) electrons. The van der Waals surface area contributed by atoms with Gasteiger partial charge < -0.3 is 15.3 Å². The summed E-state index contributed by atoms with van der Waals surface area (Å²) in [6.45, 7) is 0.459. The van der Waals surface area contributed by atoms with E-state index in [1.165, 1.54) is 0 Å². The van der Waals surface area contributed by atoms with Gasteiger partial charge in [0.05, 0.1) is 5.39 Å². The smallest absolute Gasteiger partial charge is 0.153 e. The molecule has 0 fully saturated rings. The molecule has 3 rings (SSSR count). The number of nitrogens with two attached hydrogens (primary N) is 1. The lowest BCUT2D eigenvalue weighted by Crippen LogP contribution is -1.96. The fourth-order valence-electron chi connectivity index (χ4n) is 1.91. The first-order valence-electron chi connectivity index (χ1n) is 5.65. The highest BCUT2D eigenvalue weighted by molar-refractivity contribution is 5.87. The summed E-state index contributed by atoms with van der Waals surface area (Å²) in [6.07, 6.45) is 1.70. The second-order valence-corrected chi connectivity index (χ2v) is 4.05. The minimum atomic E-state index is 0.206. The third-order valence-electron chi connectivity index (χ3n) is 2.85. The number of benzene rings is 1. The average Bonchev–Trinajstić information content (AvgIpc) is 2.84. The van der Waals surface area contributed by atoms with E-state index in [-0.39, 0.29) is 5.75 Å². The first-order chi connectivity index (χ1) is 8.78. The van der Waals surface area contributed by atoms with E-state index in [2.05, 4.69) is 4.98 Å². The minimum absolute atomic E-state index is 0.206. The SMILES string of the molecule is NCc1ccnc(-c2cc3c(O)cccc3o2)c1. The van der Waals surface area contributed by atoms with Crippen LogP contribution in [0.2, 0.25) is 0 Å². The number of nitrogens with zero attached hydrogens (tertiary/aromatic N) is 1. The molecule has 90 valence electrons. The Kier molecular flexibility index (Phi) is 2.50. The Hall–Kier alpha value is -2.33. The molecule has 0 unspecified atom stereocenters. The van der Waals surface area contributed by atoms with Crippen molar-refractivity contribution in [1.82, 2.24) is 4.98 Å². The van der Waals surface area contributed by atoms with Crippen molar-refractivity contribution in [3.63, 3.8) is 0 Å². The van der Waals surface area contributed by atoms with Crippen molar-refractivity contribution < 1.29 is 9.52 Å². The van der Waals surface area contributed by atoms with E-state index < -0.39 is 0 Å². The lowest BCUT2D eigenvalue weighted by Gasteiger charge is -1.98. The van der Waals surface area contributed by atoms with Gasteiger partial charge in [-0.3, -0.25) is 4.98 Å². The normalized spacial score (nSPS) is 10.9. The zero-order chi connectivity index (χ0) is 12.5. The van der Waals surface area contributed by atoms with Gasteiger partial charge in [-0.15, -0.1) is 0 Å². The molecule has 2 aromatic heterocycles. The van der Waals surface area contributed by atoms with Crippen LogP contribution in [-0.2, 0) is 6.54 Å². The molecule has 0 aliphatic heterocycles. The van der Waals surface area contributed by atoms with E-state index in [4.69, 9.17) is 10.2 Å². The van der Waals surface area contributed by atoms with Gasteiger partial charge in [0.2, 0.25) is 0 Å². The first-order valence-corrected chi connectivity index (χ1v) is 5.65. The van der Waals surface area contributed by atoms with E-state index in [0.29, 0.717) is 29.0 Å². The molecule has 0 bridgehead atoms. The Labute approximate surface area is 104 Å². The Morgan fingerprint density at radius 2 is 2.11 bits per heavy atom. The number of aromatic hydroxyl groups is 1. The summed E-state index contributed by atoms with van der Waals surface area (Å²) in [4.78, 5) is 4.25. The van der Waals surface area contributed by atoms with Crippen LogP contribution in [0.1, 0.15) is 5.56 Å². The van der Waals surface area contributed by atoms with Crippen LogP contribution in [0.5, 0.6) is 5.75 Å². The van der Waals surface area contributed by atoms with Gasteiger partial charge in [0.1, 0.15) is 17.0 Å². The summed E-state index contributed by atoms with van der Waals surface area (Å²) in [7, 11) is 0. The van der Waals surface area contributed by atoms with Gasteiger partial charge in [-0.25, -0.2) is 0 Å². The number of phenols is 1. The molecule has 2 heterocycles. The number of pyridine rings is 1. The quantitative estimate of drug-likeness (QED) is 0.722. The van der Waals surface area contributed by atoms with Crippen LogP contribution in [0, 0.1) is 0 Å². The monoisotopic (exact) mass is 240 g/mol. The standard InChI is InChI=1S/C14H12N2O2/c15-8-9-4-5-16-11(6-9)14-7-10-12(17)2-1-3-13(10)18-14/h1-7,17H,8,15H2. The summed E-state index contributed by atoms with van der Waals surface area (Å²) in [5, 5.41) is 10.4.